The third kappa shape index (κ3) is 2.81. The number of hydrogen-bond donors (Lipinski definition) is 1. The largest absolute Gasteiger partial charge is 0.392 e. The summed E-state index contributed by atoms with van der Waals surface area (Å²) in [6.45, 7) is 5.52. The van der Waals surface area contributed by atoms with E-state index in [-0.39, 0.29) is 4.99 Å². The van der Waals surface area contributed by atoms with Crippen molar-refractivity contribution < 1.29 is 8.42 Å². The van der Waals surface area contributed by atoms with Gasteiger partial charge in [0.2, 0.25) is 10.0 Å². The number of sulfonamides is 1. The van der Waals surface area contributed by atoms with Gasteiger partial charge in [0.05, 0.1) is 10.7 Å². The van der Waals surface area contributed by atoms with E-state index in [2.05, 4.69) is 0 Å². The summed E-state index contributed by atoms with van der Waals surface area (Å²) in [4.78, 5) is -0.0120. The summed E-state index contributed by atoms with van der Waals surface area (Å²) in [6.07, 6.45) is 0. The highest BCUT2D eigenvalue weighted by Crippen LogP contribution is 2.24. The van der Waals surface area contributed by atoms with Gasteiger partial charge in [-0.15, -0.1) is 0 Å². The first-order chi connectivity index (χ1) is 8.32. The smallest absolute Gasteiger partial charge is 0.244 e. The molecule has 2 N–H and O–H groups in total. The summed E-state index contributed by atoms with van der Waals surface area (Å²) >= 11 is 4.79. The summed E-state index contributed by atoms with van der Waals surface area (Å²) < 4.78 is 26.2. The lowest BCUT2D eigenvalue weighted by atomic mass is 10.2. The lowest BCUT2D eigenvalue weighted by Crippen LogP contribution is -2.43. The summed E-state index contributed by atoms with van der Waals surface area (Å²) in [6, 6.07) is 7.34. The van der Waals surface area contributed by atoms with Crippen molar-refractivity contribution in [3.63, 3.8) is 0 Å². The molecule has 0 heterocycles. The molecule has 0 aliphatic carbocycles. The van der Waals surface area contributed by atoms with Crippen LogP contribution in [0.3, 0.4) is 0 Å². The zero-order valence-electron chi connectivity index (χ0n) is 10.8. The highest BCUT2D eigenvalue weighted by atomic mass is 32.2. The number of hydrogen-bond acceptors (Lipinski definition) is 3. The molecule has 0 aliphatic heterocycles. The quantitative estimate of drug-likeness (QED) is 0.839. The molecule has 18 heavy (non-hydrogen) atoms. The molecule has 0 fully saturated rings. The second-order valence-corrected chi connectivity index (χ2v) is 6.69. The van der Waals surface area contributed by atoms with Crippen LogP contribution in [-0.2, 0) is 10.0 Å². The average Bonchev–Trinajstić information content (AvgIpc) is 2.31. The fourth-order valence-corrected chi connectivity index (χ4v) is 3.55. The molecule has 0 aromatic heterocycles. The van der Waals surface area contributed by atoms with E-state index in [1.807, 2.05) is 25.1 Å². The van der Waals surface area contributed by atoms with Crippen molar-refractivity contribution in [1.82, 2.24) is 0 Å². The molecular formula is C12H18N2O2S2. The Morgan fingerprint density at radius 3 is 2.44 bits per heavy atom. The van der Waals surface area contributed by atoms with Gasteiger partial charge in [-0.25, -0.2) is 8.42 Å². The topological polar surface area (TPSA) is 63.4 Å². The molecular weight excluding hydrogens is 268 g/mol. The Bertz CT molecular complexity index is 541. The van der Waals surface area contributed by atoms with E-state index < -0.39 is 15.3 Å². The zero-order valence-corrected chi connectivity index (χ0v) is 12.4. The number of aryl methyl sites for hydroxylation is 1. The van der Waals surface area contributed by atoms with Gasteiger partial charge in [0, 0.05) is 6.54 Å². The summed E-state index contributed by atoms with van der Waals surface area (Å²) in [5.41, 5.74) is 7.03. The predicted molar refractivity (Wildman–Crippen MR) is 79.4 cm³/mol. The molecule has 6 heteroatoms. The molecule has 0 saturated carbocycles. The van der Waals surface area contributed by atoms with Crippen LogP contribution in [0.4, 0.5) is 5.69 Å². The number of anilines is 1. The monoisotopic (exact) mass is 286 g/mol. The van der Waals surface area contributed by atoms with Crippen LogP contribution >= 0.6 is 12.2 Å². The van der Waals surface area contributed by atoms with Crippen molar-refractivity contribution in [3.05, 3.63) is 29.8 Å². The second kappa shape index (κ2) is 5.67. The second-order valence-electron chi connectivity index (χ2n) is 4.04. The summed E-state index contributed by atoms with van der Waals surface area (Å²) in [5.74, 6) is 0. The molecule has 0 radical (unpaired) electrons. The summed E-state index contributed by atoms with van der Waals surface area (Å²) in [7, 11) is -3.56. The minimum atomic E-state index is -3.56. The van der Waals surface area contributed by atoms with Crippen LogP contribution in [0.2, 0.25) is 0 Å². The summed E-state index contributed by atoms with van der Waals surface area (Å²) in [5, 5.41) is -0.868. The standard InChI is InChI=1S/C12H18N2O2S2/c1-4-14(11-8-6-5-7-9(11)2)18(15,16)10(3)12(13)17/h5-8,10H,4H2,1-3H3,(H2,13,17). The normalized spacial score (nSPS) is 13.1. The third-order valence-corrected chi connectivity index (χ3v) is 5.55. The number of nitrogens with two attached hydrogens (primary N) is 1. The Hall–Kier alpha value is -1.14. The zero-order chi connectivity index (χ0) is 13.9. The number of para-hydroxylation sites is 1. The van der Waals surface area contributed by atoms with Gasteiger partial charge in [-0.1, -0.05) is 30.4 Å². The van der Waals surface area contributed by atoms with E-state index in [9.17, 15) is 8.42 Å². The Morgan fingerprint density at radius 2 is 2.00 bits per heavy atom. The maximum atomic E-state index is 12.4. The van der Waals surface area contributed by atoms with Crippen LogP contribution in [0, 0.1) is 6.92 Å². The van der Waals surface area contributed by atoms with Gasteiger partial charge in [-0.2, -0.15) is 0 Å². The first kappa shape index (κ1) is 14.9. The number of benzene rings is 1. The van der Waals surface area contributed by atoms with Crippen molar-refractivity contribution >= 4 is 32.9 Å². The van der Waals surface area contributed by atoms with E-state index in [1.54, 1.807) is 13.0 Å². The maximum absolute atomic E-state index is 12.4. The Balaban J connectivity index is 3.28. The molecule has 0 saturated heterocycles. The van der Waals surface area contributed by atoms with Crippen LogP contribution in [0.5, 0.6) is 0 Å². The van der Waals surface area contributed by atoms with Crippen LogP contribution in [0.1, 0.15) is 19.4 Å². The number of rotatable bonds is 5. The molecule has 1 atom stereocenters. The van der Waals surface area contributed by atoms with E-state index in [4.69, 9.17) is 18.0 Å². The van der Waals surface area contributed by atoms with Gasteiger partial charge in [-0.3, -0.25) is 4.31 Å². The SMILES string of the molecule is CCN(c1ccccc1C)S(=O)(=O)C(C)C(N)=S. The lowest BCUT2D eigenvalue weighted by Gasteiger charge is -2.27. The van der Waals surface area contributed by atoms with Crippen molar-refractivity contribution in [1.29, 1.82) is 0 Å². The third-order valence-electron chi connectivity index (χ3n) is 2.83. The van der Waals surface area contributed by atoms with Gasteiger partial charge in [0.25, 0.3) is 0 Å². The fraction of sp³-hybridized carbons (Fsp3) is 0.417. The van der Waals surface area contributed by atoms with Crippen molar-refractivity contribution in [2.45, 2.75) is 26.0 Å². The molecule has 1 aromatic carbocycles. The number of thiocarbonyl (C=S) groups is 1. The van der Waals surface area contributed by atoms with Gasteiger partial charge in [-0.05, 0) is 32.4 Å². The predicted octanol–water partition coefficient (Wildman–Crippen LogP) is 1.83. The van der Waals surface area contributed by atoms with Crippen LogP contribution in [0.25, 0.3) is 0 Å². The van der Waals surface area contributed by atoms with Gasteiger partial charge in [0.1, 0.15) is 5.25 Å². The van der Waals surface area contributed by atoms with E-state index in [0.29, 0.717) is 12.2 Å². The van der Waals surface area contributed by atoms with E-state index in [1.165, 1.54) is 11.2 Å². The highest BCUT2D eigenvalue weighted by Gasteiger charge is 2.30. The molecule has 1 aromatic rings. The molecule has 1 unspecified atom stereocenters. The molecule has 0 bridgehead atoms. The first-order valence-electron chi connectivity index (χ1n) is 5.68. The highest BCUT2D eigenvalue weighted by molar-refractivity contribution is 7.95. The Morgan fingerprint density at radius 1 is 1.44 bits per heavy atom. The van der Waals surface area contributed by atoms with E-state index in [0.717, 1.165) is 5.56 Å². The minimum absolute atomic E-state index is 0.0120. The van der Waals surface area contributed by atoms with Crippen LogP contribution < -0.4 is 10.0 Å². The van der Waals surface area contributed by atoms with Crippen molar-refractivity contribution in [2.24, 2.45) is 5.73 Å². The van der Waals surface area contributed by atoms with Crippen LogP contribution in [-0.4, -0.2) is 25.2 Å². The van der Waals surface area contributed by atoms with Crippen LogP contribution in [0.15, 0.2) is 24.3 Å². The molecule has 4 nitrogen and oxygen atoms in total. The Labute approximate surface area is 114 Å². The van der Waals surface area contributed by atoms with Crippen molar-refractivity contribution in [2.75, 3.05) is 10.8 Å². The molecule has 100 valence electrons. The number of nitrogens with zero attached hydrogens (tertiary/aromatic N) is 1. The van der Waals surface area contributed by atoms with Gasteiger partial charge < -0.3 is 5.73 Å². The van der Waals surface area contributed by atoms with Gasteiger partial charge in [0.15, 0.2) is 0 Å². The van der Waals surface area contributed by atoms with Crippen molar-refractivity contribution in [3.8, 4) is 0 Å². The molecule has 0 spiro atoms. The molecule has 1 rings (SSSR count). The molecule has 0 amide bonds. The minimum Gasteiger partial charge on any atom is -0.392 e. The first-order valence-corrected chi connectivity index (χ1v) is 7.60. The lowest BCUT2D eigenvalue weighted by molar-refractivity contribution is 0.589. The average molecular weight is 286 g/mol. The molecule has 0 aliphatic rings. The van der Waals surface area contributed by atoms with Gasteiger partial charge >= 0.3 is 0 Å². The van der Waals surface area contributed by atoms with E-state index >= 15 is 0 Å². The Kier molecular flexibility index (Phi) is 4.70. The fourth-order valence-electron chi connectivity index (χ4n) is 1.67. The maximum Gasteiger partial charge on any atom is 0.244 e.